The number of nitrogens with zero attached hydrogens (tertiary/aromatic N) is 4. The molecule has 3 rings (SSSR count). The summed E-state index contributed by atoms with van der Waals surface area (Å²) in [7, 11) is 0. The second-order valence-corrected chi connectivity index (χ2v) is 6.70. The first-order chi connectivity index (χ1) is 12.1. The molecule has 0 radical (unpaired) electrons. The van der Waals surface area contributed by atoms with Crippen LogP contribution in [0.15, 0.2) is 36.7 Å². The highest BCUT2D eigenvalue weighted by Gasteiger charge is 2.18. The Balaban J connectivity index is 1.38. The molecule has 0 aliphatic carbocycles. The van der Waals surface area contributed by atoms with Crippen LogP contribution in [0.25, 0.3) is 0 Å². The van der Waals surface area contributed by atoms with Gasteiger partial charge >= 0.3 is 0 Å². The summed E-state index contributed by atoms with van der Waals surface area (Å²) < 4.78 is 2.18. The summed E-state index contributed by atoms with van der Waals surface area (Å²) in [4.78, 5) is 21.1. The normalized spacial score (nSPS) is 16.1. The van der Waals surface area contributed by atoms with Crippen molar-refractivity contribution in [3.63, 3.8) is 0 Å². The van der Waals surface area contributed by atoms with E-state index in [9.17, 15) is 4.79 Å². The van der Waals surface area contributed by atoms with E-state index in [1.54, 1.807) is 0 Å². The fraction of sp³-hybridized carbons (Fsp3) is 0.474. The third-order valence-corrected chi connectivity index (χ3v) is 4.75. The summed E-state index contributed by atoms with van der Waals surface area (Å²) in [6.45, 7) is 10.4. The summed E-state index contributed by atoms with van der Waals surface area (Å²) >= 11 is 0. The molecule has 0 unspecified atom stereocenters. The van der Waals surface area contributed by atoms with E-state index in [0.717, 1.165) is 50.8 Å². The number of carbonyl (C=O) groups is 1. The van der Waals surface area contributed by atoms with Crippen molar-refractivity contribution in [3.8, 4) is 0 Å². The largest absolute Gasteiger partial charge is 0.334 e. The van der Waals surface area contributed by atoms with E-state index >= 15 is 0 Å². The molecule has 0 atom stereocenters. The number of piperazine rings is 1. The molecule has 1 N–H and O–H groups in total. The quantitative estimate of drug-likeness (QED) is 0.870. The predicted octanol–water partition coefficient (Wildman–Crippen LogP) is 1.76. The monoisotopic (exact) mass is 341 g/mol. The van der Waals surface area contributed by atoms with Crippen molar-refractivity contribution in [2.24, 2.45) is 0 Å². The van der Waals surface area contributed by atoms with Crippen molar-refractivity contribution >= 4 is 11.6 Å². The van der Waals surface area contributed by atoms with Gasteiger partial charge in [-0.2, -0.15) is 0 Å². The maximum Gasteiger partial charge on any atom is 0.238 e. The van der Waals surface area contributed by atoms with Crippen molar-refractivity contribution < 1.29 is 4.79 Å². The minimum atomic E-state index is 0.0614. The number of carbonyl (C=O) groups excluding carboxylic acids is 1. The molecule has 1 fully saturated rings. The number of aryl methyl sites for hydroxylation is 2. The first-order valence-corrected chi connectivity index (χ1v) is 8.89. The molecular formula is C19H27N5O. The van der Waals surface area contributed by atoms with Gasteiger partial charge in [0, 0.05) is 57.3 Å². The molecule has 1 amide bonds. The molecule has 1 aromatic heterocycles. The Bertz CT molecular complexity index is 686. The maximum atomic E-state index is 12.2. The zero-order valence-electron chi connectivity index (χ0n) is 15.1. The molecule has 1 aliphatic rings. The molecular weight excluding hydrogens is 314 g/mol. The molecule has 1 saturated heterocycles. The number of anilines is 1. The lowest BCUT2D eigenvalue weighted by atomic mass is 10.2. The SMILES string of the molecule is Cc1ccc(NC(=O)CN2CCN(CCn3ccnc3C)CC2)cc1. The molecule has 6 nitrogen and oxygen atoms in total. The second kappa shape index (κ2) is 8.27. The zero-order valence-corrected chi connectivity index (χ0v) is 15.1. The van der Waals surface area contributed by atoms with Crippen LogP contribution >= 0.6 is 0 Å². The van der Waals surface area contributed by atoms with Gasteiger partial charge in [-0.3, -0.25) is 14.6 Å². The highest BCUT2D eigenvalue weighted by Crippen LogP contribution is 2.09. The second-order valence-electron chi connectivity index (χ2n) is 6.70. The van der Waals surface area contributed by atoms with Crippen LogP contribution in [-0.4, -0.2) is 64.5 Å². The summed E-state index contributed by atoms with van der Waals surface area (Å²) in [5.74, 6) is 1.12. The van der Waals surface area contributed by atoms with Gasteiger partial charge in [-0.1, -0.05) is 17.7 Å². The lowest BCUT2D eigenvalue weighted by Crippen LogP contribution is -2.49. The number of aromatic nitrogens is 2. The van der Waals surface area contributed by atoms with Crippen molar-refractivity contribution in [2.45, 2.75) is 20.4 Å². The number of rotatable bonds is 6. The number of hydrogen-bond donors (Lipinski definition) is 1. The van der Waals surface area contributed by atoms with Crippen LogP contribution in [0.2, 0.25) is 0 Å². The van der Waals surface area contributed by atoms with E-state index in [1.807, 2.05) is 50.5 Å². The van der Waals surface area contributed by atoms with Crippen molar-refractivity contribution in [3.05, 3.63) is 48.0 Å². The fourth-order valence-electron chi connectivity index (χ4n) is 3.10. The molecule has 2 aromatic rings. The van der Waals surface area contributed by atoms with Gasteiger partial charge in [-0.05, 0) is 26.0 Å². The standard InChI is InChI=1S/C19H27N5O/c1-16-3-5-18(6-4-16)21-19(25)15-23-11-9-22(10-12-23)13-14-24-8-7-20-17(24)2/h3-8H,9-15H2,1-2H3,(H,21,25). The van der Waals surface area contributed by atoms with Crippen molar-refractivity contribution in [2.75, 3.05) is 44.6 Å². The van der Waals surface area contributed by atoms with Crippen LogP contribution in [0, 0.1) is 13.8 Å². The van der Waals surface area contributed by atoms with E-state index in [-0.39, 0.29) is 5.91 Å². The Morgan fingerprint density at radius 3 is 2.36 bits per heavy atom. The molecule has 25 heavy (non-hydrogen) atoms. The lowest BCUT2D eigenvalue weighted by molar-refractivity contribution is -0.117. The zero-order chi connectivity index (χ0) is 17.6. The molecule has 1 aliphatic heterocycles. The Hall–Kier alpha value is -2.18. The van der Waals surface area contributed by atoms with Gasteiger partial charge in [0.1, 0.15) is 5.82 Å². The predicted molar refractivity (Wildman–Crippen MR) is 99.7 cm³/mol. The van der Waals surface area contributed by atoms with Crippen LogP contribution < -0.4 is 5.32 Å². The minimum Gasteiger partial charge on any atom is -0.334 e. The van der Waals surface area contributed by atoms with Crippen LogP contribution in [-0.2, 0) is 11.3 Å². The molecule has 0 spiro atoms. The maximum absolute atomic E-state index is 12.2. The van der Waals surface area contributed by atoms with Crippen LogP contribution in [0.4, 0.5) is 5.69 Å². The Morgan fingerprint density at radius 1 is 1.04 bits per heavy atom. The van der Waals surface area contributed by atoms with Gasteiger partial charge < -0.3 is 9.88 Å². The summed E-state index contributed by atoms with van der Waals surface area (Å²) in [5.41, 5.74) is 2.06. The summed E-state index contributed by atoms with van der Waals surface area (Å²) in [6, 6.07) is 7.92. The third-order valence-electron chi connectivity index (χ3n) is 4.75. The van der Waals surface area contributed by atoms with E-state index in [4.69, 9.17) is 0 Å². The van der Waals surface area contributed by atoms with Crippen molar-refractivity contribution in [1.82, 2.24) is 19.4 Å². The van der Waals surface area contributed by atoms with Gasteiger partial charge in [0.15, 0.2) is 0 Å². The lowest BCUT2D eigenvalue weighted by Gasteiger charge is -2.34. The average Bonchev–Trinajstić information content (AvgIpc) is 3.01. The molecule has 6 heteroatoms. The Labute approximate surface area is 149 Å². The molecule has 2 heterocycles. The Morgan fingerprint density at radius 2 is 1.72 bits per heavy atom. The van der Waals surface area contributed by atoms with Crippen LogP contribution in [0.5, 0.6) is 0 Å². The first-order valence-electron chi connectivity index (χ1n) is 8.89. The third kappa shape index (κ3) is 5.14. The van der Waals surface area contributed by atoms with Gasteiger partial charge in [0.25, 0.3) is 0 Å². The van der Waals surface area contributed by atoms with E-state index < -0.39 is 0 Å². The van der Waals surface area contributed by atoms with Gasteiger partial charge in [-0.15, -0.1) is 0 Å². The summed E-state index contributed by atoms with van der Waals surface area (Å²) in [6.07, 6.45) is 3.88. The molecule has 0 bridgehead atoms. The van der Waals surface area contributed by atoms with E-state index in [2.05, 4.69) is 24.7 Å². The van der Waals surface area contributed by atoms with E-state index in [1.165, 1.54) is 5.56 Å². The van der Waals surface area contributed by atoms with Crippen molar-refractivity contribution in [1.29, 1.82) is 0 Å². The molecule has 1 aromatic carbocycles. The van der Waals surface area contributed by atoms with Gasteiger partial charge in [0.05, 0.1) is 6.54 Å². The molecule has 0 saturated carbocycles. The van der Waals surface area contributed by atoms with Gasteiger partial charge in [-0.25, -0.2) is 4.98 Å². The highest BCUT2D eigenvalue weighted by molar-refractivity contribution is 5.92. The number of benzene rings is 1. The summed E-state index contributed by atoms with van der Waals surface area (Å²) in [5, 5.41) is 2.97. The first kappa shape index (κ1) is 17.6. The fourth-order valence-corrected chi connectivity index (χ4v) is 3.10. The average molecular weight is 341 g/mol. The van der Waals surface area contributed by atoms with Crippen LogP contribution in [0.1, 0.15) is 11.4 Å². The molecule has 134 valence electrons. The minimum absolute atomic E-state index is 0.0614. The number of imidazole rings is 1. The highest BCUT2D eigenvalue weighted by atomic mass is 16.2. The number of amides is 1. The number of nitrogens with one attached hydrogen (secondary N) is 1. The Kier molecular flexibility index (Phi) is 5.83. The number of hydrogen-bond acceptors (Lipinski definition) is 4. The van der Waals surface area contributed by atoms with E-state index in [0.29, 0.717) is 6.54 Å². The topological polar surface area (TPSA) is 53.4 Å². The van der Waals surface area contributed by atoms with Gasteiger partial charge in [0.2, 0.25) is 5.91 Å². The smallest absolute Gasteiger partial charge is 0.238 e. The van der Waals surface area contributed by atoms with Crippen LogP contribution in [0.3, 0.4) is 0 Å².